The number of hydrogen-bond acceptors (Lipinski definition) is 8. The first-order valence-electron chi connectivity index (χ1n) is 22.5. The highest BCUT2D eigenvalue weighted by Crippen LogP contribution is 2.61. The highest BCUT2D eigenvalue weighted by Gasteiger charge is 2.75. The molecule has 4 aliphatic rings. The van der Waals surface area contributed by atoms with Crippen molar-refractivity contribution in [2.75, 3.05) is 27.2 Å². The van der Waals surface area contributed by atoms with Crippen molar-refractivity contribution in [1.82, 2.24) is 35.6 Å². The highest BCUT2D eigenvalue weighted by molar-refractivity contribution is 6.30. The Labute approximate surface area is 380 Å². The van der Waals surface area contributed by atoms with Crippen molar-refractivity contribution in [3.05, 3.63) is 22.8 Å². The molecule has 0 radical (unpaired) electrons. The van der Waals surface area contributed by atoms with Gasteiger partial charge in [0.2, 0.25) is 41.3 Å². The molecule has 3 heterocycles. The van der Waals surface area contributed by atoms with Crippen LogP contribution in [0.5, 0.6) is 5.88 Å². The summed E-state index contributed by atoms with van der Waals surface area (Å²) in [4.78, 5) is 91.5. The quantitative estimate of drug-likeness (QED) is 0.230. The Bertz CT molecular complexity index is 1910. The van der Waals surface area contributed by atoms with E-state index in [0.29, 0.717) is 54.1 Å². The van der Waals surface area contributed by atoms with Crippen LogP contribution in [-0.4, -0.2) is 137 Å². The van der Waals surface area contributed by atoms with Gasteiger partial charge in [0.1, 0.15) is 36.4 Å². The van der Waals surface area contributed by atoms with Crippen molar-refractivity contribution in [3.8, 4) is 5.88 Å². The second kappa shape index (κ2) is 21.1. The molecule has 21 heteroatoms. The van der Waals surface area contributed by atoms with Crippen LogP contribution in [0.3, 0.4) is 0 Å². The van der Waals surface area contributed by atoms with E-state index in [9.17, 15) is 55.1 Å². The number of alkyl halides is 6. The Morgan fingerprint density at radius 3 is 2.26 bits per heavy atom. The van der Waals surface area contributed by atoms with Gasteiger partial charge in [0.15, 0.2) is 5.41 Å². The average Bonchev–Trinajstić information content (AvgIpc) is 3.97. The molecule has 1 aromatic rings. The van der Waals surface area contributed by atoms with Gasteiger partial charge in [-0.3, -0.25) is 28.8 Å². The Morgan fingerprint density at radius 2 is 1.66 bits per heavy atom. The van der Waals surface area contributed by atoms with Crippen molar-refractivity contribution in [2.24, 2.45) is 17.3 Å². The third-order valence-corrected chi connectivity index (χ3v) is 12.9. The van der Waals surface area contributed by atoms with E-state index in [1.807, 2.05) is 27.7 Å². The maximum Gasteiger partial charge on any atom is 0.403 e. The van der Waals surface area contributed by atoms with Crippen LogP contribution in [0.4, 0.5) is 26.3 Å². The van der Waals surface area contributed by atoms with Crippen molar-refractivity contribution >= 4 is 47.0 Å². The Kier molecular flexibility index (Phi) is 16.7. The summed E-state index contributed by atoms with van der Waals surface area (Å²) in [6, 6.07) is -4.97. The summed E-state index contributed by atoms with van der Waals surface area (Å²) in [5.41, 5.74) is -3.01. The summed E-state index contributed by atoms with van der Waals surface area (Å²) in [5, 5.41) is 8.60. The number of hydrogen-bond donors (Lipinski definition) is 3. The lowest BCUT2D eigenvalue weighted by molar-refractivity contribution is -0.299. The zero-order valence-electron chi connectivity index (χ0n) is 37.7. The molecule has 2 aliphatic carbocycles. The van der Waals surface area contributed by atoms with Gasteiger partial charge in [0.05, 0.1) is 17.7 Å². The summed E-state index contributed by atoms with van der Waals surface area (Å²) in [6.45, 7) is 6.73. The molecule has 0 unspecified atom stereocenters. The summed E-state index contributed by atoms with van der Waals surface area (Å²) in [5.74, 6) is -9.52. The number of nitrogens with one attached hydrogen (secondary N) is 3. The van der Waals surface area contributed by atoms with Gasteiger partial charge >= 0.3 is 6.18 Å². The Morgan fingerprint density at radius 1 is 1.02 bits per heavy atom. The maximum atomic E-state index is 14.9. The molecule has 0 bridgehead atoms. The topological polar surface area (TPSA) is 170 Å². The van der Waals surface area contributed by atoms with Gasteiger partial charge in [-0.25, -0.2) is 18.2 Å². The number of likely N-dealkylation sites (N-methyl/N-ethyl adjacent to an activating group) is 2. The molecule has 6 amide bonds. The SMILES string of the molecule is CC(C)C[C@@H]1NC(=O)[C@@H](N(C)C(=O)[C@@H](NC(=O)[C@@H]2C[C@@H](F)CN2C(=O)C2(C(F)(F)F)CC(F)(F)C2)C2CC2)CCCCCCCNC(=O)[C@H](Cc2cc(Cl)cnc2OC(C)C)N(C)C1=O. The predicted octanol–water partition coefficient (Wildman–Crippen LogP) is 5.53. The van der Waals surface area contributed by atoms with Gasteiger partial charge < -0.3 is 35.4 Å². The van der Waals surface area contributed by atoms with Crippen LogP contribution in [-0.2, 0) is 35.2 Å². The lowest BCUT2D eigenvalue weighted by atomic mass is 9.64. The van der Waals surface area contributed by atoms with E-state index in [1.165, 1.54) is 25.2 Å². The molecule has 0 spiro atoms. The average molecular weight is 950 g/mol. The van der Waals surface area contributed by atoms with Crippen LogP contribution in [0.15, 0.2) is 12.3 Å². The zero-order valence-corrected chi connectivity index (χ0v) is 38.5. The zero-order chi connectivity index (χ0) is 48.2. The van der Waals surface area contributed by atoms with Crippen LogP contribution >= 0.6 is 11.6 Å². The Balaban J connectivity index is 1.39. The van der Waals surface area contributed by atoms with Crippen molar-refractivity contribution in [3.63, 3.8) is 0 Å². The molecule has 0 aromatic carbocycles. The number of carbonyl (C=O) groups is 6. The Hall–Kier alpha value is -4.36. The van der Waals surface area contributed by atoms with Crippen LogP contribution in [0, 0.1) is 17.3 Å². The fraction of sp³-hybridized carbons (Fsp3) is 0.750. The van der Waals surface area contributed by atoms with Crippen LogP contribution in [0.25, 0.3) is 0 Å². The molecule has 5 rings (SSSR count). The number of aromatic nitrogens is 1. The molecule has 2 saturated carbocycles. The van der Waals surface area contributed by atoms with Crippen LogP contribution in [0.1, 0.15) is 110 Å². The lowest BCUT2D eigenvalue weighted by Crippen LogP contribution is -2.65. The molecule has 4 fully saturated rings. The van der Waals surface area contributed by atoms with E-state index in [4.69, 9.17) is 16.3 Å². The van der Waals surface area contributed by atoms with Gasteiger partial charge in [-0.05, 0) is 63.9 Å². The largest absolute Gasteiger partial charge is 0.475 e. The normalized spacial score (nSPS) is 26.3. The van der Waals surface area contributed by atoms with Crippen molar-refractivity contribution < 1.29 is 59.8 Å². The second-order valence-corrected chi connectivity index (χ2v) is 19.3. The standard InChI is InChI=1S/C44H62ClF6N7O7/c1-24(2)16-30-39(62)57(6)32(18-27-17-28(45)20-53-38(27)65-25(3)4)35(59)52-15-11-9-7-8-10-12-31(36(60)54-30)56(5)40(63)34(26-13-14-26)55-37(61)33-19-29(46)21-58(33)41(64)42(44(49,50)51)22-43(47,48)23-42/h17,20,24-26,29-34H,7-16,18-19,21-23H2,1-6H3,(H,52,59)(H,54,60)(H,55,61)/t29-,30+,31+,32+,33+,34+/m1/s1. The van der Waals surface area contributed by atoms with E-state index in [-0.39, 0.29) is 37.2 Å². The number of nitrogens with zero attached hydrogens (tertiary/aromatic N) is 4. The molecule has 65 heavy (non-hydrogen) atoms. The van der Waals surface area contributed by atoms with Gasteiger partial charge in [0.25, 0.3) is 5.92 Å². The fourth-order valence-corrected chi connectivity index (χ4v) is 9.19. The molecule has 3 N–H and O–H groups in total. The molecule has 14 nitrogen and oxygen atoms in total. The minimum Gasteiger partial charge on any atom is -0.475 e. The minimum atomic E-state index is -5.40. The van der Waals surface area contributed by atoms with E-state index in [2.05, 4.69) is 20.9 Å². The first-order valence-corrected chi connectivity index (χ1v) is 22.9. The lowest BCUT2D eigenvalue weighted by Gasteiger charge is -2.48. The first-order chi connectivity index (χ1) is 30.4. The number of ether oxygens (including phenoxy) is 1. The third-order valence-electron chi connectivity index (χ3n) is 12.7. The molecule has 2 aliphatic heterocycles. The number of pyridine rings is 1. The van der Waals surface area contributed by atoms with E-state index < -0.39 is 121 Å². The van der Waals surface area contributed by atoms with Crippen molar-refractivity contribution in [2.45, 2.75) is 166 Å². The number of amides is 6. The number of rotatable bonds is 12. The molecular weight excluding hydrogens is 888 g/mol. The smallest absolute Gasteiger partial charge is 0.403 e. The summed E-state index contributed by atoms with van der Waals surface area (Å²) in [6.07, 6.45) is -6.20. The van der Waals surface area contributed by atoms with E-state index in [0.717, 1.165) is 17.7 Å². The molecular formula is C44H62ClF6N7O7. The van der Waals surface area contributed by atoms with E-state index >= 15 is 0 Å². The fourth-order valence-electron chi connectivity index (χ4n) is 9.01. The highest BCUT2D eigenvalue weighted by atomic mass is 35.5. The number of halogens is 7. The van der Waals surface area contributed by atoms with Gasteiger partial charge in [-0.1, -0.05) is 51.1 Å². The monoisotopic (exact) mass is 949 g/mol. The number of carbonyl (C=O) groups excluding carboxylic acids is 6. The molecule has 2 saturated heterocycles. The van der Waals surface area contributed by atoms with Crippen LogP contribution < -0.4 is 20.7 Å². The molecule has 6 atom stereocenters. The first kappa shape index (κ1) is 51.6. The van der Waals surface area contributed by atoms with Gasteiger partial charge in [-0.2, -0.15) is 13.2 Å². The van der Waals surface area contributed by atoms with Gasteiger partial charge in [0, 0.05) is 58.1 Å². The van der Waals surface area contributed by atoms with Crippen molar-refractivity contribution in [1.29, 1.82) is 0 Å². The minimum absolute atomic E-state index is 0.0297. The van der Waals surface area contributed by atoms with Gasteiger partial charge in [-0.15, -0.1) is 0 Å². The van der Waals surface area contributed by atoms with E-state index in [1.54, 1.807) is 6.07 Å². The number of likely N-dealkylation sites (tertiary alicyclic amines) is 1. The van der Waals surface area contributed by atoms with Crippen LogP contribution in [0.2, 0.25) is 5.02 Å². The second-order valence-electron chi connectivity index (χ2n) is 18.9. The molecule has 1 aromatic heterocycles. The predicted molar refractivity (Wildman–Crippen MR) is 226 cm³/mol. The summed E-state index contributed by atoms with van der Waals surface area (Å²) >= 11 is 6.32. The third kappa shape index (κ3) is 12.6. The molecule has 364 valence electrons. The summed E-state index contributed by atoms with van der Waals surface area (Å²) in [7, 11) is 2.82. The maximum absolute atomic E-state index is 14.9. The summed E-state index contributed by atoms with van der Waals surface area (Å²) < 4.78 is 91.0.